The molecule has 2 N–H and O–H groups in total. The summed E-state index contributed by atoms with van der Waals surface area (Å²) in [7, 11) is 2.05. The first kappa shape index (κ1) is 25.7. The minimum atomic E-state index is -1.03. The van der Waals surface area contributed by atoms with Gasteiger partial charge in [-0.15, -0.1) is 0 Å². The first-order valence-electron chi connectivity index (χ1n) is 11.3. The Morgan fingerprint density at radius 1 is 1.12 bits per heavy atom. The molecular weight excluding hydrogens is 404 g/mol. The fourth-order valence-electron chi connectivity index (χ4n) is 4.69. The largest absolute Gasteiger partial charge is 0.436 e. The monoisotopic (exact) mass is 442 g/mol. The van der Waals surface area contributed by atoms with Crippen LogP contribution in [0.3, 0.4) is 0 Å². The van der Waals surface area contributed by atoms with E-state index in [-0.39, 0.29) is 17.0 Å². The Morgan fingerprint density at radius 2 is 1.69 bits per heavy atom. The minimum Gasteiger partial charge on any atom is -0.436 e. The van der Waals surface area contributed by atoms with Gasteiger partial charge in [-0.1, -0.05) is 44.2 Å². The Morgan fingerprint density at radius 3 is 2.19 bits per heavy atom. The summed E-state index contributed by atoms with van der Waals surface area (Å²) in [6.45, 7) is 12.5. The van der Waals surface area contributed by atoms with Crippen molar-refractivity contribution in [3.8, 4) is 6.07 Å². The topological polar surface area (TPSA) is 94.5 Å². The molecule has 0 unspecified atom stereocenters. The normalized spacial score (nSPS) is 20.1. The Bertz CT molecular complexity index is 824. The molecular formula is C25H38N4O3. The highest BCUT2D eigenvalue weighted by molar-refractivity contribution is 5.84. The number of nitriles is 1. The second kappa shape index (κ2) is 9.91. The summed E-state index contributed by atoms with van der Waals surface area (Å²) in [4.78, 5) is 27.9. The highest BCUT2D eigenvalue weighted by atomic mass is 16.6. The Labute approximate surface area is 192 Å². The van der Waals surface area contributed by atoms with Gasteiger partial charge in [0.1, 0.15) is 5.54 Å². The van der Waals surface area contributed by atoms with Crippen LogP contribution in [0.1, 0.15) is 66.4 Å². The number of likely N-dealkylation sites (tertiary alicyclic amines) is 1. The lowest BCUT2D eigenvalue weighted by atomic mass is 9.70. The van der Waals surface area contributed by atoms with Gasteiger partial charge in [-0.25, -0.2) is 4.79 Å². The molecule has 1 fully saturated rings. The molecule has 1 saturated heterocycles. The third-order valence-electron chi connectivity index (χ3n) is 6.37. The third-order valence-corrected chi connectivity index (χ3v) is 6.37. The molecule has 0 bridgehead atoms. The van der Waals surface area contributed by atoms with E-state index in [4.69, 9.17) is 4.74 Å². The quantitative estimate of drug-likeness (QED) is 0.666. The molecule has 1 heterocycles. The van der Waals surface area contributed by atoms with Crippen LogP contribution in [0, 0.1) is 17.2 Å². The van der Waals surface area contributed by atoms with Gasteiger partial charge < -0.3 is 15.4 Å². The third kappa shape index (κ3) is 6.46. The fraction of sp³-hybridized carbons (Fsp3) is 0.640. The van der Waals surface area contributed by atoms with E-state index in [1.165, 1.54) is 0 Å². The molecule has 0 aromatic heterocycles. The number of carbonyl (C=O) groups is 2. The van der Waals surface area contributed by atoms with E-state index in [0.717, 1.165) is 5.56 Å². The number of hydrogen-bond acceptors (Lipinski definition) is 5. The fourth-order valence-corrected chi connectivity index (χ4v) is 4.69. The number of rotatable bonds is 7. The van der Waals surface area contributed by atoms with Crippen molar-refractivity contribution in [1.29, 1.82) is 5.26 Å². The Kier molecular flexibility index (Phi) is 7.95. The van der Waals surface area contributed by atoms with Gasteiger partial charge in [0.15, 0.2) is 6.10 Å². The SMILES string of the molecule is CC(C)C[C@H](OC(=O)NCc1ccccc1)C(=O)NC1(C#N)CC(C)(C)N(C)C(C)(C)C1. The molecule has 0 radical (unpaired) electrons. The first-order chi connectivity index (χ1) is 14.8. The molecule has 1 aliphatic heterocycles. The van der Waals surface area contributed by atoms with Crippen LogP contribution in [0.15, 0.2) is 30.3 Å². The van der Waals surface area contributed by atoms with Crippen molar-refractivity contribution < 1.29 is 14.3 Å². The van der Waals surface area contributed by atoms with E-state index in [9.17, 15) is 14.9 Å². The standard InChI is InChI=1S/C25H38N4O3/c1-18(2)13-20(32-22(31)27-14-19-11-9-8-10-12-19)21(30)28-25(17-26)15-23(3,4)29(7)24(5,6)16-25/h8-12,18,20H,13-16H2,1-7H3,(H,27,31)(H,28,30)/t20-/m0/s1. The molecule has 2 amide bonds. The van der Waals surface area contributed by atoms with Gasteiger partial charge in [0.2, 0.25) is 0 Å². The molecule has 7 heteroatoms. The number of ether oxygens (including phenoxy) is 1. The van der Waals surface area contributed by atoms with Crippen LogP contribution in [0.5, 0.6) is 0 Å². The summed E-state index contributed by atoms with van der Waals surface area (Å²) < 4.78 is 5.52. The smallest absolute Gasteiger partial charge is 0.408 e. The zero-order chi connectivity index (χ0) is 24.2. The number of benzene rings is 1. The highest BCUT2D eigenvalue weighted by Crippen LogP contribution is 2.42. The van der Waals surface area contributed by atoms with Crippen molar-refractivity contribution in [3.63, 3.8) is 0 Å². The Balaban J connectivity index is 2.12. The molecule has 1 aliphatic rings. The maximum atomic E-state index is 13.2. The summed E-state index contributed by atoms with van der Waals surface area (Å²) in [5.41, 5.74) is -0.665. The van der Waals surface area contributed by atoms with Crippen molar-refractivity contribution in [3.05, 3.63) is 35.9 Å². The van der Waals surface area contributed by atoms with Crippen LogP contribution in [-0.2, 0) is 16.1 Å². The van der Waals surface area contributed by atoms with Crippen molar-refractivity contribution in [1.82, 2.24) is 15.5 Å². The number of nitrogens with zero attached hydrogens (tertiary/aromatic N) is 2. The lowest BCUT2D eigenvalue weighted by Crippen LogP contribution is -2.68. The van der Waals surface area contributed by atoms with E-state index in [1.807, 2.05) is 51.2 Å². The second-order valence-corrected chi connectivity index (χ2v) is 10.6. The van der Waals surface area contributed by atoms with Gasteiger partial charge in [0, 0.05) is 30.5 Å². The number of amides is 2. The summed E-state index contributed by atoms with van der Waals surface area (Å²) in [5.74, 6) is -0.289. The average Bonchev–Trinajstić information content (AvgIpc) is 2.70. The number of piperidine rings is 1. The van der Waals surface area contributed by atoms with Crippen LogP contribution in [-0.4, -0.2) is 46.7 Å². The maximum Gasteiger partial charge on any atom is 0.408 e. The molecule has 7 nitrogen and oxygen atoms in total. The average molecular weight is 443 g/mol. The summed E-state index contributed by atoms with van der Waals surface area (Å²) in [5, 5.41) is 15.8. The predicted molar refractivity (Wildman–Crippen MR) is 125 cm³/mol. The molecule has 1 atom stereocenters. The van der Waals surface area contributed by atoms with Crippen LogP contribution < -0.4 is 10.6 Å². The number of hydrogen-bond donors (Lipinski definition) is 2. The van der Waals surface area contributed by atoms with Gasteiger partial charge in [-0.2, -0.15) is 5.26 Å². The summed E-state index contributed by atoms with van der Waals surface area (Å²) in [6.07, 6.45) is -0.279. The summed E-state index contributed by atoms with van der Waals surface area (Å²) in [6, 6.07) is 11.9. The van der Waals surface area contributed by atoms with Gasteiger partial charge in [0.05, 0.1) is 6.07 Å². The minimum absolute atomic E-state index is 0.135. The molecule has 1 aromatic carbocycles. The zero-order valence-electron chi connectivity index (χ0n) is 20.5. The maximum absolute atomic E-state index is 13.2. The van der Waals surface area contributed by atoms with E-state index in [0.29, 0.717) is 25.8 Å². The molecule has 0 spiro atoms. The van der Waals surface area contributed by atoms with Crippen molar-refractivity contribution in [2.24, 2.45) is 5.92 Å². The van der Waals surface area contributed by atoms with Gasteiger partial charge >= 0.3 is 6.09 Å². The summed E-state index contributed by atoms with van der Waals surface area (Å²) >= 11 is 0. The highest BCUT2D eigenvalue weighted by Gasteiger charge is 2.52. The van der Waals surface area contributed by atoms with Crippen LogP contribution >= 0.6 is 0 Å². The molecule has 0 saturated carbocycles. The van der Waals surface area contributed by atoms with Crippen molar-refractivity contribution in [2.75, 3.05) is 7.05 Å². The molecule has 0 aliphatic carbocycles. The Hall–Kier alpha value is -2.59. The molecule has 1 aromatic rings. The van der Waals surface area contributed by atoms with Crippen LogP contribution in [0.25, 0.3) is 0 Å². The first-order valence-corrected chi connectivity index (χ1v) is 11.3. The molecule has 176 valence electrons. The zero-order valence-corrected chi connectivity index (χ0v) is 20.5. The lowest BCUT2D eigenvalue weighted by molar-refractivity contribution is -0.134. The van der Waals surface area contributed by atoms with E-state index in [2.05, 4.69) is 49.3 Å². The second-order valence-electron chi connectivity index (χ2n) is 10.6. The molecule has 32 heavy (non-hydrogen) atoms. The van der Waals surface area contributed by atoms with E-state index >= 15 is 0 Å². The van der Waals surface area contributed by atoms with Crippen LogP contribution in [0.4, 0.5) is 4.79 Å². The van der Waals surface area contributed by atoms with E-state index < -0.39 is 23.6 Å². The van der Waals surface area contributed by atoms with Gasteiger partial charge in [-0.05, 0) is 52.6 Å². The number of nitrogens with one attached hydrogen (secondary N) is 2. The molecule has 2 rings (SSSR count). The predicted octanol–water partition coefficient (Wildman–Crippen LogP) is 3.99. The van der Waals surface area contributed by atoms with E-state index in [1.54, 1.807) is 0 Å². The lowest BCUT2D eigenvalue weighted by Gasteiger charge is -2.56. The van der Waals surface area contributed by atoms with Crippen molar-refractivity contribution >= 4 is 12.0 Å². The number of carbonyl (C=O) groups excluding carboxylic acids is 2. The van der Waals surface area contributed by atoms with Gasteiger partial charge in [0.25, 0.3) is 5.91 Å². The van der Waals surface area contributed by atoms with Crippen LogP contribution in [0.2, 0.25) is 0 Å². The number of alkyl carbamates (subject to hydrolysis) is 1. The van der Waals surface area contributed by atoms with Crippen molar-refractivity contribution in [2.45, 2.75) is 90.1 Å². The van der Waals surface area contributed by atoms with Gasteiger partial charge in [-0.3, -0.25) is 9.69 Å².